The quantitative estimate of drug-likeness (QED) is 0.773. The molecule has 0 radical (unpaired) electrons. The molecule has 1 N–H and O–H groups in total. The number of nitrogens with one attached hydrogen (secondary N) is 1. The summed E-state index contributed by atoms with van der Waals surface area (Å²) in [4.78, 5) is 25.0. The zero-order valence-electron chi connectivity index (χ0n) is 13.3. The van der Waals surface area contributed by atoms with Crippen LogP contribution in [0.5, 0.6) is 0 Å². The number of carbonyl (C=O) groups is 1. The number of nitrogens with zero attached hydrogens (tertiary/aromatic N) is 3. The Hall–Kier alpha value is -2.61. The maximum Gasteiger partial charge on any atom is 0.291 e. The van der Waals surface area contributed by atoms with Gasteiger partial charge in [-0.1, -0.05) is 0 Å². The van der Waals surface area contributed by atoms with Crippen LogP contribution in [0.25, 0.3) is 16.6 Å². The van der Waals surface area contributed by atoms with Gasteiger partial charge in [0.25, 0.3) is 5.56 Å². The van der Waals surface area contributed by atoms with Crippen LogP contribution in [0.2, 0.25) is 0 Å². The molecule has 0 bridgehead atoms. The van der Waals surface area contributed by atoms with Crippen molar-refractivity contribution in [2.75, 3.05) is 13.2 Å². The molecule has 2 unspecified atom stereocenters. The molecule has 8 heteroatoms. The molecular formula is C16H18N4O4. The van der Waals surface area contributed by atoms with Crippen molar-refractivity contribution in [1.29, 1.82) is 0 Å². The van der Waals surface area contributed by atoms with Crippen molar-refractivity contribution in [2.45, 2.75) is 31.9 Å². The van der Waals surface area contributed by atoms with Gasteiger partial charge in [-0.15, -0.1) is 0 Å². The summed E-state index contributed by atoms with van der Waals surface area (Å²) in [5.41, 5.74) is 1.49. The monoisotopic (exact) mass is 330 g/mol. The third kappa shape index (κ3) is 2.39. The summed E-state index contributed by atoms with van der Waals surface area (Å²) in [6.45, 7) is 2.85. The molecule has 3 aromatic heterocycles. The van der Waals surface area contributed by atoms with Crippen molar-refractivity contribution < 1.29 is 13.9 Å². The SMILES string of the molecule is CC(C(=O)NCC1CCCO1)n1ncn2c(cc3occc32)c1=O. The van der Waals surface area contributed by atoms with E-state index in [4.69, 9.17) is 9.15 Å². The van der Waals surface area contributed by atoms with Crippen molar-refractivity contribution >= 4 is 22.5 Å². The first kappa shape index (κ1) is 14.9. The zero-order valence-corrected chi connectivity index (χ0v) is 13.3. The lowest BCUT2D eigenvalue weighted by atomic mass is 10.2. The Morgan fingerprint density at radius 3 is 3.17 bits per heavy atom. The highest BCUT2D eigenvalue weighted by Crippen LogP contribution is 2.18. The van der Waals surface area contributed by atoms with Crippen LogP contribution in [-0.2, 0) is 9.53 Å². The van der Waals surface area contributed by atoms with Crippen molar-refractivity contribution in [1.82, 2.24) is 19.5 Å². The average Bonchev–Trinajstić information content (AvgIpc) is 3.29. The van der Waals surface area contributed by atoms with Crippen LogP contribution in [0.15, 0.2) is 33.9 Å². The van der Waals surface area contributed by atoms with Crippen molar-refractivity contribution in [2.24, 2.45) is 0 Å². The minimum absolute atomic E-state index is 0.0610. The summed E-state index contributed by atoms with van der Waals surface area (Å²) in [6.07, 6.45) is 5.11. The Morgan fingerprint density at radius 1 is 1.50 bits per heavy atom. The fourth-order valence-electron chi connectivity index (χ4n) is 3.07. The van der Waals surface area contributed by atoms with E-state index < -0.39 is 6.04 Å². The van der Waals surface area contributed by atoms with E-state index in [0.717, 1.165) is 25.0 Å². The van der Waals surface area contributed by atoms with E-state index in [0.29, 0.717) is 17.6 Å². The van der Waals surface area contributed by atoms with Gasteiger partial charge in [0.05, 0.1) is 17.9 Å². The predicted molar refractivity (Wildman–Crippen MR) is 85.9 cm³/mol. The second-order valence-electron chi connectivity index (χ2n) is 6.01. The number of aromatic nitrogens is 3. The first-order chi connectivity index (χ1) is 11.6. The third-order valence-corrected chi connectivity index (χ3v) is 4.45. The smallest absolute Gasteiger partial charge is 0.291 e. The Kier molecular flexibility index (Phi) is 3.61. The Morgan fingerprint density at radius 2 is 2.38 bits per heavy atom. The van der Waals surface area contributed by atoms with E-state index in [-0.39, 0.29) is 17.6 Å². The Labute approximate surface area is 137 Å². The van der Waals surface area contributed by atoms with Crippen molar-refractivity contribution in [3.8, 4) is 0 Å². The second-order valence-corrected chi connectivity index (χ2v) is 6.01. The molecule has 1 amide bonds. The molecule has 2 atom stereocenters. The van der Waals surface area contributed by atoms with Crippen LogP contribution >= 0.6 is 0 Å². The summed E-state index contributed by atoms with van der Waals surface area (Å²) >= 11 is 0. The van der Waals surface area contributed by atoms with Gasteiger partial charge in [0.1, 0.15) is 17.9 Å². The summed E-state index contributed by atoms with van der Waals surface area (Å²) in [6, 6.07) is 2.73. The summed E-state index contributed by atoms with van der Waals surface area (Å²) in [5.74, 6) is -0.250. The topological polar surface area (TPSA) is 90.8 Å². The number of ether oxygens (including phenoxy) is 1. The third-order valence-electron chi connectivity index (χ3n) is 4.45. The van der Waals surface area contributed by atoms with Crippen LogP contribution in [0.3, 0.4) is 0 Å². The zero-order chi connectivity index (χ0) is 16.7. The lowest BCUT2D eigenvalue weighted by Crippen LogP contribution is -2.40. The molecule has 0 aromatic carbocycles. The first-order valence-corrected chi connectivity index (χ1v) is 8.00. The molecule has 0 spiro atoms. The van der Waals surface area contributed by atoms with Crippen LogP contribution in [0.4, 0.5) is 0 Å². The number of hydrogen-bond donors (Lipinski definition) is 1. The van der Waals surface area contributed by atoms with Gasteiger partial charge in [-0.2, -0.15) is 5.10 Å². The molecule has 8 nitrogen and oxygen atoms in total. The minimum Gasteiger partial charge on any atom is -0.463 e. The maximum absolute atomic E-state index is 12.6. The van der Waals surface area contributed by atoms with Gasteiger partial charge in [-0.25, -0.2) is 4.68 Å². The van der Waals surface area contributed by atoms with Gasteiger partial charge in [-0.3, -0.25) is 14.0 Å². The van der Waals surface area contributed by atoms with E-state index in [1.54, 1.807) is 29.7 Å². The van der Waals surface area contributed by atoms with Gasteiger partial charge < -0.3 is 14.5 Å². The van der Waals surface area contributed by atoms with Crippen LogP contribution in [-0.4, -0.2) is 39.3 Å². The van der Waals surface area contributed by atoms with Crippen LogP contribution < -0.4 is 10.9 Å². The highest BCUT2D eigenvalue weighted by atomic mass is 16.5. The largest absolute Gasteiger partial charge is 0.463 e. The average molecular weight is 330 g/mol. The van der Waals surface area contributed by atoms with Gasteiger partial charge in [0, 0.05) is 25.3 Å². The van der Waals surface area contributed by atoms with E-state index in [9.17, 15) is 9.59 Å². The number of fused-ring (bicyclic) bond motifs is 3. The molecule has 24 heavy (non-hydrogen) atoms. The standard InChI is InChI=1S/C16H18N4O4/c1-10(15(21)17-8-11-3-2-5-23-11)20-16(22)13-7-14-12(4-6-24-14)19(13)9-18-20/h4,6-7,9-11H,2-3,5,8H2,1H3,(H,17,21). The van der Waals surface area contributed by atoms with E-state index in [1.165, 1.54) is 11.0 Å². The normalized spacial score (nSPS) is 19.1. The summed E-state index contributed by atoms with van der Waals surface area (Å²) < 4.78 is 13.6. The predicted octanol–water partition coefficient (Wildman–Crippen LogP) is 1.10. The molecule has 1 aliphatic heterocycles. The number of furan rings is 1. The molecular weight excluding hydrogens is 312 g/mol. The van der Waals surface area contributed by atoms with E-state index >= 15 is 0 Å². The van der Waals surface area contributed by atoms with Gasteiger partial charge in [0.2, 0.25) is 5.91 Å². The highest BCUT2D eigenvalue weighted by molar-refractivity contribution is 5.82. The second kappa shape index (κ2) is 5.79. The number of rotatable bonds is 4. The Bertz CT molecular complexity index is 948. The van der Waals surface area contributed by atoms with E-state index in [1.807, 2.05) is 0 Å². The number of carbonyl (C=O) groups excluding carboxylic acids is 1. The highest BCUT2D eigenvalue weighted by Gasteiger charge is 2.22. The fourth-order valence-corrected chi connectivity index (χ4v) is 3.07. The van der Waals surface area contributed by atoms with Gasteiger partial charge in [-0.05, 0) is 19.8 Å². The van der Waals surface area contributed by atoms with Crippen molar-refractivity contribution in [3.05, 3.63) is 35.1 Å². The van der Waals surface area contributed by atoms with Crippen LogP contribution in [0, 0.1) is 0 Å². The number of amides is 1. The van der Waals surface area contributed by atoms with Gasteiger partial charge in [0.15, 0.2) is 5.58 Å². The van der Waals surface area contributed by atoms with E-state index in [2.05, 4.69) is 10.4 Å². The lowest BCUT2D eigenvalue weighted by Gasteiger charge is -2.16. The molecule has 1 saturated heterocycles. The molecule has 0 aliphatic carbocycles. The number of hydrogen-bond acceptors (Lipinski definition) is 5. The van der Waals surface area contributed by atoms with Gasteiger partial charge >= 0.3 is 0 Å². The molecule has 1 fully saturated rings. The fraction of sp³-hybridized carbons (Fsp3) is 0.438. The summed E-state index contributed by atoms with van der Waals surface area (Å²) in [5, 5.41) is 6.97. The maximum atomic E-state index is 12.6. The summed E-state index contributed by atoms with van der Waals surface area (Å²) in [7, 11) is 0. The lowest BCUT2D eigenvalue weighted by molar-refractivity contribution is -0.124. The molecule has 4 heterocycles. The Balaban J connectivity index is 1.59. The first-order valence-electron chi connectivity index (χ1n) is 8.00. The van der Waals surface area contributed by atoms with Crippen molar-refractivity contribution in [3.63, 3.8) is 0 Å². The molecule has 4 rings (SSSR count). The van der Waals surface area contributed by atoms with Crippen LogP contribution in [0.1, 0.15) is 25.8 Å². The molecule has 3 aromatic rings. The molecule has 1 aliphatic rings. The minimum atomic E-state index is -0.704. The molecule has 0 saturated carbocycles. The molecule has 126 valence electrons.